The molecule has 0 bridgehead atoms. The second-order valence-corrected chi connectivity index (χ2v) is 9.32. The summed E-state index contributed by atoms with van der Waals surface area (Å²) in [7, 11) is -3.78. The number of benzene rings is 2. The Morgan fingerprint density at radius 1 is 1.10 bits per heavy atom. The number of carbonyl (C=O) groups excluding carboxylic acids is 1. The number of amides is 1. The molecule has 1 aromatic heterocycles. The minimum atomic E-state index is -3.78. The molecule has 0 spiro atoms. The maximum absolute atomic E-state index is 13.1. The minimum absolute atomic E-state index is 0.0571. The lowest BCUT2D eigenvalue weighted by Crippen LogP contribution is -2.50. The first-order chi connectivity index (χ1) is 14.3. The first kappa shape index (κ1) is 20.6. The molecule has 2 heterocycles. The highest BCUT2D eigenvalue weighted by molar-refractivity contribution is 7.89. The Hall–Kier alpha value is -2.62. The molecule has 0 saturated carbocycles. The van der Waals surface area contributed by atoms with Crippen molar-refractivity contribution >= 4 is 38.6 Å². The summed E-state index contributed by atoms with van der Waals surface area (Å²) in [6.45, 7) is 3.13. The fraction of sp³-hybridized carbons (Fsp3) is 0.300. The lowest BCUT2D eigenvalue weighted by molar-refractivity contribution is 0.0698. The third-order valence-corrected chi connectivity index (χ3v) is 7.32. The number of rotatable bonds is 4. The third-order valence-electron chi connectivity index (χ3n) is 5.19. The van der Waals surface area contributed by atoms with Gasteiger partial charge in [-0.15, -0.1) is 0 Å². The van der Waals surface area contributed by atoms with Gasteiger partial charge in [0, 0.05) is 49.4 Å². The van der Waals surface area contributed by atoms with Gasteiger partial charge >= 0.3 is 5.76 Å². The van der Waals surface area contributed by atoms with E-state index in [-0.39, 0.29) is 42.6 Å². The maximum Gasteiger partial charge on any atom is 0.419 e. The fourth-order valence-corrected chi connectivity index (χ4v) is 5.22. The number of halogens is 1. The first-order valence-electron chi connectivity index (χ1n) is 9.49. The number of carbonyl (C=O) groups is 1. The van der Waals surface area contributed by atoms with E-state index in [0.717, 1.165) is 0 Å². The van der Waals surface area contributed by atoms with Crippen molar-refractivity contribution in [2.24, 2.45) is 0 Å². The molecule has 2 aromatic carbocycles. The Bertz CT molecular complexity index is 1270. The number of sulfonamides is 1. The van der Waals surface area contributed by atoms with Crippen LogP contribution >= 0.6 is 11.6 Å². The molecule has 1 aliphatic rings. The number of oxazole rings is 1. The third kappa shape index (κ3) is 3.64. The molecule has 0 radical (unpaired) electrons. The lowest BCUT2D eigenvalue weighted by Gasteiger charge is -2.34. The van der Waals surface area contributed by atoms with Crippen LogP contribution in [0, 0.1) is 0 Å². The van der Waals surface area contributed by atoms with Gasteiger partial charge in [-0.2, -0.15) is 4.31 Å². The van der Waals surface area contributed by atoms with E-state index in [1.807, 2.05) is 6.92 Å². The fourth-order valence-electron chi connectivity index (χ4n) is 3.59. The van der Waals surface area contributed by atoms with Crippen LogP contribution in [0.15, 0.2) is 56.6 Å². The number of nitrogens with zero attached hydrogens (tertiary/aromatic N) is 3. The zero-order chi connectivity index (χ0) is 21.5. The monoisotopic (exact) mass is 449 g/mol. The zero-order valence-electron chi connectivity index (χ0n) is 16.2. The molecule has 1 amide bonds. The summed E-state index contributed by atoms with van der Waals surface area (Å²) in [4.78, 5) is 26.2. The summed E-state index contributed by atoms with van der Waals surface area (Å²) in [5.74, 6) is -0.700. The van der Waals surface area contributed by atoms with Gasteiger partial charge < -0.3 is 9.32 Å². The second kappa shape index (κ2) is 7.90. The van der Waals surface area contributed by atoms with Gasteiger partial charge in [-0.3, -0.25) is 9.36 Å². The van der Waals surface area contributed by atoms with Gasteiger partial charge in [0.25, 0.3) is 5.91 Å². The molecule has 0 unspecified atom stereocenters. The highest BCUT2D eigenvalue weighted by atomic mass is 35.5. The smallest absolute Gasteiger partial charge is 0.408 e. The molecule has 1 saturated heterocycles. The molecule has 1 fully saturated rings. The number of fused-ring (bicyclic) bond motifs is 1. The molecule has 0 N–H and O–H groups in total. The minimum Gasteiger partial charge on any atom is -0.408 e. The van der Waals surface area contributed by atoms with E-state index in [9.17, 15) is 18.0 Å². The van der Waals surface area contributed by atoms with Crippen LogP contribution in [0.1, 0.15) is 17.3 Å². The Labute approximate surface area is 178 Å². The second-order valence-electron chi connectivity index (χ2n) is 6.95. The maximum atomic E-state index is 13.1. The quantitative estimate of drug-likeness (QED) is 0.609. The van der Waals surface area contributed by atoms with Crippen molar-refractivity contribution in [3.8, 4) is 0 Å². The van der Waals surface area contributed by atoms with Gasteiger partial charge in [0.05, 0.1) is 10.4 Å². The summed E-state index contributed by atoms with van der Waals surface area (Å²) in [6.07, 6.45) is 0. The van der Waals surface area contributed by atoms with Crippen LogP contribution < -0.4 is 5.76 Å². The van der Waals surface area contributed by atoms with Crippen LogP contribution in [0.3, 0.4) is 0 Å². The predicted octanol–water partition coefficient (Wildman–Crippen LogP) is 2.41. The van der Waals surface area contributed by atoms with Crippen molar-refractivity contribution in [2.45, 2.75) is 18.4 Å². The highest BCUT2D eigenvalue weighted by Gasteiger charge is 2.31. The Morgan fingerprint density at radius 2 is 1.83 bits per heavy atom. The van der Waals surface area contributed by atoms with Crippen LogP contribution in [-0.4, -0.2) is 54.3 Å². The zero-order valence-corrected chi connectivity index (χ0v) is 17.8. The summed E-state index contributed by atoms with van der Waals surface area (Å²) in [5.41, 5.74) is 1.26. The van der Waals surface area contributed by atoms with Crippen molar-refractivity contribution in [1.82, 2.24) is 13.8 Å². The summed E-state index contributed by atoms with van der Waals surface area (Å²) < 4.78 is 34.1. The average Bonchev–Trinajstić information content (AvgIpc) is 3.07. The van der Waals surface area contributed by atoms with Gasteiger partial charge in [-0.1, -0.05) is 17.7 Å². The van der Waals surface area contributed by atoms with Gasteiger partial charge in [0.2, 0.25) is 10.0 Å². The number of piperazine rings is 1. The molecule has 10 heteroatoms. The van der Waals surface area contributed by atoms with Crippen molar-refractivity contribution in [3.05, 3.63) is 63.6 Å². The largest absolute Gasteiger partial charge is 0.419 e. The van der Waals surface area contributed by atoms with Gasteiger partial charge in [-0.25, -0.2) is 13.2 Å². The average molecular weight is 450 g/mol. The molecule has 1 aliphatic heterocycles. The van der Waals surface area contributed by atoms with E-state index < -0.39 is 15.8 Å². The van der Waals surface area contributed by atoms with Crippen LogP contribution in [0.25, 0.3) is 11.1 Å². The molecular weight excluding hydrogens is 430 g/mol. The molecular formula is C20H20ClN3O5S. The van der Waals surface area contributed by atoms with E-state index in [4.69, 9.17) is 16.0 Å². The van der Waals surface area contributed by atoms with Crippen molar-refractivity contribution in [3.63, 3.8) is 0 Å². The molecule has 0 atom stereocenters. The summed E-state index contributed by atoms with van der Waals surface area (Å²) >= 11 is 5.95. The SMILES string of the molecule is CCn1c(=O)oc2cc(S(=O)(=O)N3CCN(C(=O)c4cccc(Cl)c4)CC3)ccc21. The predicted molar refractivity (Wildman–Crippen MR) is 112 cm³/mol. The molecule has 3 aromatic rings. The van der Waals surface area contributed by atoms with Crippen molar-refractivity contribution < 1.29 is 17.6 Å². The van der Waals surface area contributed by atoms with E-state index in [1.165, 1.54) is 21.0 Å². The van der Waals surface area contributed by atoms with E-state index in [1.54, 1.807) is 35.2 Å². The van der Waals surface area contributed by atoms with Crippen LogP contribution in [0.4, 0.5) is 0 Å². The van der Waals surface area contributed by atoms with Crippen LogP contribution in [-0.2, 0) is 16.6 Å². The van der Waals surface area contributed by atoms with Gasteiger partial charge in [-0.05, 0) is 37.3 Å². The number of hydrogen-bond donors (Lipinski definition) is 0. The Balaban J connectivity index is 1.52. The molecule has 0 aliphatic carbocycles. The van der Waals surface area contributed by atoms with Crippen LogP contribution in [0.2, 0.25) is 5.02 Å². The number of hydrogen-bond acceptors (Lipinski definition) is 5. The summed E-state index contributed by atoms with van der Waals surface area (Å²) in [5, 5.41) is 0.473. The Kier molecular flexibility index (Phi) is 5.44. The van der Waals surface area contributed by atoms with E-state index in [2.05, 4.69) is 0 Å². The summed E-state index contributed by atoms with van der Waals surface area (Å²) in [6, 6.07) is 11.1. The van der Waals surface area contributed by atoms with E-state index in [0.29, 0.717) is 22.6 Å². The topological polar surface area (TPSA) is 92.8 Å². The van der Waals surface area contributed by atoms with Crippen molar-refractivity contribution in [2.75, 3.05) is 26.2 Å². The van der Waals surface area contributed by atoms with Crippen molar-refractivity contribution in [1.29, 1.82) is 0 Å². The standard InChI is InChI=1S/C20H20ClN3O5S/c1-2-24-17-7-6-16(13-18(17)29-20(24)26)30(27,28)23-10-8-22(9-11-23)19(25)14-4-3-5-15(21)12-14/h3-7,12-13H,2,8-11H2,1H3. The molecule has 30 heavy (non-hydrogen) atoms. The first-order valence-corrected chi connectivity index (χ1v) is 11.3. The number of aromatic nitrogens is 1. The number of aryl methyl sites for hydroxylation is 1. The highest BCUT2D eigenvalue weighted by Crippen LogP contribution is 2.23. The molecule has 8 nitrogen and oxygen atoms in total. The molecule has 158 valence electrons. The van der Waals surface area contributed by atoms with Gasteiger partial charge in [0.1, 0.15) is 0 Å². The Morgan fingerprint density at radius 3 is 2.50 bits per heavy atom. The van der Waals surface area contributed by atoms with Crippen LogP contribution in [0.5, 0.6) is 0 Å². The van der Waals surface area contributed by atoms with E-state index >= 15 is 0 Å². The molecule has 4 rings (SSSR count). The normalized spacial score (nSPS) is 15.6. The van der Waals surface area contributed by atoms with Gasteiger partial charge in [0.15, 0.2) is 5.58 Å². The lowest BCUT2D eigenvalue weighted by atomic mass is 10.2.